The molecule has 0 unspecified atom stereocenters. The number of hydrogen-bond acceptors (Lipinski definition) is 5. The summed E-state index contributed by atoms with van der Waals surface area (Å²) in [5.74, 6) is 0.715. The molecular weight excluding hydrogens is 308 g/mol. The van der Waals surface area contributed by atoms with Crippen molar-refractivity contribution in [2.45, 2.75) is 13.8 Å². The van der Waals surface area contributed by atoms with Crippen LogP contribution >= 0.6 is 0 Å². The molecule has 2 aromatic rings. The highest BCUT2D eigenvalue weighted by atomic mass is 16.5. The van der Waals surface area contributed by atoms with Crippen molar-refractivity contribution in [1.82, 2.24) is 5.43 Å². The fourth-order valence-electron chi connectivity index (χ4n) is 2.16. The number of benzene rings is 2. The molecule has 0 aromatic heterocycles. The van der Waals surface area contributed by atoms with Gasteiger partial charge in [-0.15, -0.1) is 0 Å². The maximum absolute atomic E-state index is 11.8. The third kappa shape index (κ3) is 4.49. The summed E-state index contributed by atoms with van der Waals surface area (Å²) in [4.78, 5) is 11.8. The number of hydrogen-bond donors (Lipinski definition) is 2. The van der Waals surface area contributed by atoms with E-state index in [4.69, 9.17) is 9.47 Å². The Hall–Kier alpha value is -3.02. The average molecular weight is 328 g/mol. The Bertz CT molecular complexity index is 736. The number of nitrogens with one attached hydrogen (secondary N) is 1. The van der Waals surface area contributed by atoms with Crippen molar-refractivity contribution >= 4 is 12.1 Å². The summed E-state index contributed by atoms with van der Waals surface area (Å²) in [5, 5.41) is 13.5. The maximum Gasteiger partial charge on any atom is 0.277 e. The van der Waals surface area contributed by atoms with E-state index < -0.39 is 0 Å². The minimum absolute atomic E-state index is 0.00568. The minimum Gasteiger partial charge on any atom is -0.504 e. The molecule has 126 valence electrons. The second-order valence-electron chi connectivity index (χ2n) is 5.23. The SMILES string of the molecule is COc1ccc(/C=N/NC(=O)COc2c(C)cccc2C)cc1O. The van der Waals surface area contributed by atoms with E-state index in [0.717, 1.165) is 11.1 Å². The summed E-state index contributed by atoms with van der Waals surface area (Å²) < 4.78 is 10.5. The topological polar surface area (TPSA) is 80.2 Å². The number of rotatable bonds is 6. The maximum atomic E-state index is 11.8. The molecule has 2 N–H and O–H groups in total. The molecule has 0 spiro atoms. The summed E-state index contributed by atoms with van der Waals surface area (Å²) in [6.45, 7) is 3.72. The first kappa shape index (κ1) is 17.3. The van der Waals surface area contributed by atoms with Gasteiger partial charge in [0.05, 0.1) is 13.3 Å². The molecule has 1 amide bonds. The number of aromatic hydroxyl groups is 1. The molecule has 0 bridgehead atoms. The molecule has 24 heavy (non-hydrogen) atoms. The van der Waals surface area contributed by atoms with Gasteiger partial charge in [0.2, 0.25) is 0 Å². The molecule has 0 fully saturated rings. The van der Waals surface area contributed by atoms with Gasteiger partial charge >= 0.3 is 0 Å². The van der Waals surface area contributed by atoms with Crippen LogP contribution in [0.2, 0.25) is 0 Å². The molecule has 0 aliphatic heterocycles. The first-order chi connectivity index (χ1) is 11.5. The van der Waals surface area contributed by atoms with E-state index in [1.54, 1.807) is 12.1 Å². The zero-order valence-electron chi connectivity index (χ0n) is 13.9. The van der Waals surface area contributed by atoms with Gasteiger partial charge in [-0.3, -0.25) is 4.79 Å². The highest BCUT2D eigenvalue weighted by molar-refractivity contribution is 5.83. The van der Waals surface area contributed by atoms with E-state index in [1.807, 2.05) is 32.0 Å². The van der Waals surface area contributed by atoms with Crippen molar-refractivity contribution in [3.8, 4) is 17.2 Å². The quantitative estimate of drug-likeness (QED) is 0.631. The molecule has 6 heteroatoms. The van der Waals surface area contributed by atoms with Gasteiger partial charge in [0.15, 0.2) is 18.1 Å². The average Bonchev–Trinajstić information content (AvgIpc) is 2.54. The van der Waals surface area contributed by atoms with Crippen LogP contribution in [0.5, 0.6) is 17.2 Å². The molecule has 0 aliphatic carbocycles. The van der Waals surface area contributed by atoms with Gasteiger partial charge in [0, 0.05) is 0 Å². The highest BCUT2D eigenvalue weighted by Gasteiger charge is 2.06. The number of phenolic OH excluding ortho intramolecular Hbond substituents is 1. The largest absolute Gasteiger partial charge is 0.504 e. The number of aryl methyl sites for hydroxylation is 2. The summed E-state index contributed by atoms with van der Waals surface area (Å²) in [5.41, 5.74) is 4.95. The van der Waals surface area contributed by atoms with Crippen molar-refractivity contribution in [2.75, 3.05) is 13.7 Å². The molecule has 0 saturated heterocycles. The Kier molecular flexibility index (Phi) is 5.78. The number of phenols is 1. The van der Waals surface area contributed by atoms with Gasteiger partial charge < -0.3 is 14.6 Å². The normalized spacial score (nSPS) is 10.6. The Morgan fingerprint density at radius 1 is 1.25 bits per heavy atom. The van der Waals surface area contributed by atoms with Crippen molar-refractivity contribution in [3.63, 3.8) is 0 Å². The molecule has 6 nitrogen and oxygen atoms in total. The van der Waals surface area contributed by atoms with Crippen LogP contribution in [-0.2, 0) is 4.79 Å². The molecule has 0 saturated carbocycles. The first-order valence-electron chi connectivity index (χ1n) is 7.39. The lowest BCUT2D eigenvalue weighted by Crippen LogP contribution is -2.25. The first-order valence-corrected chi connectivity index (χ1v) is 7.39. The van der Waals surface area contributed by atoms with Crippen LogP contribution in [0, 0.1) is 13.8 Å². The van der Waals surface area contributed by atoms with E-state index in [1.165, 1.54) is 19.4 Å². The lowest BCUT2D eigenvalue weighted by atomic mass is 10.1. The standard InChI is InChI=1S/C18H20N2O4/c1-12-5-4-6-13(2)18(12)24-11-17(22)20-19-10-14-7-8-16(23-3)15(21)9-14/h4-10,21H,11H2,1-3H3,(H,20,22)/b19-10+. The summed E-state index contributed by atoms with van der Waals surface area (Å²) in [6, 6.07) is 10.6. The number of para-hydroxylation sites is 1. The fourth-order valence-corrected chi connectivity index (χ4v) is 2.16. The molecule has 2 rings (SSSR count). The van der Waals surface area contributed by atoms with Crippen molar-refractivity contribution < 1.29 is 19.4 Å². The van der Waals surface area contributed by atoms with Crippen LogP contribution in [0.3, 0.4) is 0 Å². The number of amides is 1. The number of hydrazone groups is 1. The van der Waals surface area contributed by atoms with Gasteiger partial charge in [-0.2, -0.15) is 5.10 Å². The van der Waals surface area contributed by atoms with E-state index >= 15 is 0 Å². The monoisotopic (exact) mass is 328 g/mol. The van der Waals surface area contributed by atoms with E-state index in [0.29, 0.717) is 17.1 Å². The third-order valence-corrected chi connectivity index (χ3v) is 3.36. The molecule has 0 radical (unpaired) electrons. The zero-order valence-corrected chi connectivity index (χ0v) is 13.9. The Morgan fingerprint density at radius 3 is 2.58 bits per heavy atom. The van der Waals surface area contributed by atoms with Gasteiger partial charge in [-0.1, -0.05) is 18.2 Å². The van der Waals surface area contributed by atoms with Crippen LogP contribution in [0.4, 0.5) is 0 Å². The highest BCUT2D eigenvalue weighted by Crippen LogP contribution is 2.25. The fraction of sp³-hybridized carbons (Fsp3) is 0.222. The third-order valence-electron chi connectivity index (χ3n) is 3.36. The number of methoxy groups -OCH3 is 1. The lowest BCUT2D eigenvalue weighted by Gasteiger charge is -2.10. The zero-order chi connectivity index (χ0) is 17.5. The molecule has 0 atom stereocenters. The van der Waals surface area contributed by atoms with Crippen LogP contribution in [0.25, 0.3) is 0 Å². The molecule has 0 aliphatic rings. The van der Waals surface area contributed by atoms with E-state index in [9.17, 15) is 9.90 Å². The number of carbonyl (C=O) groups excluding carboxylic acids is 1. The predicted octanol–water partition coefficient (Wildman–Crippen LogP) is 2.55. The molecule has 0 heterocycles. The summed E-state index contributed by atoms with van der Waals surface area (Å²) in [6.07, 6.45) is 1.43. The summed E-state index contributed by atoms with van der Waals surface area (Å²) >= 11 is 0. The van der Waals surface area contributed by atoms with Gasteiger partial charge in [0.25, 0.3) is 5.91 Å². The van der Waals surface area contributed by atoms with Gasteiger partial charge in [-0.25, -0.2) is 5.43 Å². The smallest absolute Gasteiger partial charge is 0.277 e. The van der Waals surface area contributed by atoms with Crippen LogP contribution in [-0.4, -0.2) is 30.9 Å². The Balaban J connectivity index is 1.88. The number of nitrogens with zero attached hydrogens (tertiary/aromatic N) is 1. The predicted molar refractivity (Wildman–Crippen MR) is 91.8 cm³/mol. The van der Waals surface area contributed by atoms with Crippen LogP contribution < -0.4 is 14.9 Å². The van der Waals surface area contributed by atoms with Crippen molar-refractivity contribution in [2.24, 2.45) is 5.10 Å². The second-order valence-corrected chi connectivity index (χ2v) is 5.23. The molecular formula is C18H20N2O4. The Labute approximate surface area is 140 Å². The molecule has 2 aromatic carbocycles. The van der Waals surface area contributed by atoms with E-state index in [-0.39, 0.29) is 18.3 Å². The van der Waals surface area contributed by atoms with Crippen LogP contribution in [0.1, 0.15) is 16.7 Å². The minimum atomic E-state index is -0.369. The summed E-state index contributed by atoms with van der Waals surface area (Å²) in [7, 11) is 1.47. The van der Waals surface area contributed by atoms with Crippen LogP contribution in [0.15, 0.2) is 41.5 Å². The van der Waals surface area contributed by atoms with Crippen molar-refractivity contribution in [1.29, 1.82) is 0 Å². The second kappa shape index (κ2) is 8.01. The Morgan fingerprint density at radius 2 is 1.96 bits per heavy atom. The number of carbonyl (C=O) groups is 1. The lowest BCUT2D eigenvalue weighted by molar-refractivity contribution is -0.123. The van der Waals surface area contributed by atoms with Gasteiger partial charge in [-0.05, 0) is 48.7 Å². The number of ether oxygens (including phenoxy) is 2. The van der Waals surface area contributed by atoms with E-state index in [2.05, 4.69) is 10.5 Å². The van der Waals surface area contributed by atoms with Gasteiger partial charge in [0.1, 0.15) is 5.75 Å². The van der Waals surface area contributed by atoms with Crippen molar-refractivity contribution in [3.05, 3.63) is 53.1 Å².